The van der Waals surface area contributed by atoms with Crippen LogP contribution >= 0.6 is 11.6 Å². The van der Waals surface area contributed by atoms with Gasteiger partial charge < -0.3 is 25.8 Å². The molecular weight excluding hydrogens is 444 g/mol. The molecule has 0 aromatic heterocycles. The van der Waals surface area contributed by atoms with E-state index in [-0.39, 0.29) is 29.7 Å². The quantitative estimate of drug-likeness (QED) is 0.508. The molecule has 10 heteroatoms. The van der Waals surface area contributed by atoms with Crippen LogP contribution in [0.15, 0.2) is 18.2 Å². The van der Waals surface area contributed by atoms with Crippen molar-refractivity contribution in [3.63, 3.8) is 0 Å². The standard InChI is InChI=1S/C22H28ClF2N3O4/c23-15-2-1-14(10-16(15)25)32-12-19(30)27-22-6-4-21(5-7-22,11-18(22)29)28-20(31)17-9-13(24)3-8-26-17/h1-2,10,13,17-18,26,29H,3-9,11-12H2,(H,27,30)(H,28,31). The van der Waals surface area contributed by atoms with Gasteiger partial charge in [-0.25, -0.2) is 8.78 Å². The van der Waals surface area contributed by atoms with Crippen LogP contribution in [-0.4, -0.2) is 59.5 Å². The molecule has 3 unspecified atom stereocenters. The highest BCUT2D eigenvalue weighted by atomic mass is 35.5. The molecule has 1 aromatic carbocycles. The SMILES string of the molecule is O=C(COc1ccc(Cl)c(F)c1)NC12CCC(NC(=O)C3CC(F)CCN3)(CC1)CC2O. The number of alkyl halides is 1. The topological polar surface area (TPSA) is 99.7 Å². The molecular formula is C22H28ClF2N3O4. The monoisotopic (exact) mass is 471 g/mol. The summed E-state index contributed by atoms with van der Waals surface area (Å²) in [5.41, 5.74) is -1.34. The zero-order valence-corrected chi connectivity index (χ0v) is 18.4. The average Bonchev–Trinajstić information content (AvgIpc) is 2.76. The summed E-state index contributed by atoms with van der Waals surface area (Å²) in [6.07, 6.45) is 1.26. The maximum Gasteiger partial charge on any atom is 0.258 e. The summed E-state index contributed by atoms with van der Waals surface area (Å²) in [6.45, 7) is 0.143. The minimum atomic E-state index is -0.984. The molecule has 4 fully saturated rings. The molecule has 0 spiro atoms. The van der Waals surface area contributed by atoms with Crippen LogP contribution in [0.3, 0.4) is 0 Å². The van der Waals surface area contributed by atoms with Gasteiger partial charge in [0.25, 0.3) is 5.91 Å². The van der Waals surface area contributed by atoms with Gasteiger partial charge in [-0.2, -0.15) is 0 Å². The number of rotatable bonds is 6. The Balaban J connectivity index is 1.31. The van der Waals surface area contributed by atoms with Crippen LogP contribution in [0.1, 0.15) is 44.9 Å². The lowest BCUT2D eigenvalue weighted by atomic mass is 9.59. The number of piperidine rings is 1. The Kier molecular flexibility index (Phi) is 6.61. The van der Waals surface area contributed by atoms with E-state index in [1.54, 1.807) is 0 Å². The molecule has 0 radical (unpaired) electrons. The van der Waals surface area contributed by atoms with Gasteiger partial charge >= 0.3 is 0 Å². The number of benzene rings is 1. The summed E-state index contributed by atoms with van der Waals surface area (Å²) in [4.78, 5) is 25.2. The number of carbonyl (C=O) groups excluding carboxylic acids is 2. The van der Waals surface area contributed by atoms with E-state index in [9.17, 15) is 23.5 Å². The minimum absolute atomic E-state index is 0.0346. The molecule has 4 aliphatic rings. The number of amides is 2. The van der Waals surface area contributed by atoms with Crippen LogP contribution in [-0.2, 0) is 9.59 Å². The molecule has 1 aromatic rings. The molecule has 3 atom stereocenters. The van der Waals surface area contributed by atoms with Crippen LogP contribution in [0.5, 0.6) is 5.75 Å². The average molecular weight is 472 g/mol. The molecule has 1 aliphatic heterocycles. The van der Waals surface area contributed by atoms with Crippen molar-refractivity contribution in [2.45, 2.75) is 74.3 Å². The van der Waals surface area contributed by atoms with E-state index in [4.69, 9.17) is 16.3 Å². The van der Waals surface area contributed by atoms with Gasteiger partial charge in [-0.1, -0.05) is 11.6 Å². The molecule has 3 aliphatic carbocycles. The second kappa shape index (κ2) is 9.11. The highest BCUT2D eigenvalue weighted by Gasteiger charge is 2.55. The van der Waals surface area contributed by atoms with Crippen molar-refractivity contribution in [3.8, 4) is 5.75 Å². The lowest BCUT2D eigenvalue weighted by molar-refractivity contribution is -0.137. The van der Waals surface area contributed by atoms with Crippen LogP contribution in [0.25, 0.3) is 0 Å². The molecule has 2 amide bonds. The summed E-state index contributed by atoms with van der Waals surface area (Å²) in [7, 11) is 0. The van der Waals surface area contributed by atoms with Crippen molar-refractivity contribution in [2.75, 3.05) is 13.2 Å². The van der Waals surface area contributed by atoms with Crippen LogP contribution in [0.2, 0.25) is 5.02 Å². The van der Waals surface area contributed by atoms with Gasteiger partial charge in [0.1, 0.15) is 17.7 Å². The highest BCUT2D eigenvalue weighted by molar-refractivity contribution is 6.30. The molecule has 1 heterocycles. The third kappa shape index (κ3) is 4.84. The third-order valence-electron chi connectivity index (χ3n) is 7.02. The molecule has 5 rings (SSSR count). The van der Waals surface area contributed by atoms with Gasteiger partial charge in [-0.3, -0.25) is 9.59 Å². The highest BCUT2D eigenvalue weighted by Crippen LogP contribution is 2.47. The molecule has 7 nitrogen and oxygen atoms in total. The minimum Gasteiger partial charge on any atom is -0.484 e. The normalized spacial score (nSPS) is 34.1. The predicted octanol–water partition coefficient (Wildman–Crippen LogP) is 2.00. The fourth-order valence-electron chi connectivity index (χ4n) is 5.11. The fourth-order valence-corrected chi connectivity index (χ4v) is 5.23. The Hall–Kier alpha value is -1.97. The number of fused-ring (bicyclic) bond motifs is 3. The molecule has 1 saturated heterocycles. The van der Waals surface area contributed by atoms with Crippen molar-refractivity contribution in [3.05, 3.63) is 29.0 Å². The summed E-state index contributed by atoms with van der Waals surface area (Å²) in [6, 6.07) is 3.36. The van der Waals surface area contributed by atoms with Crippen molar-refractivity contribution >= 4 is 23.4 Å². The molecule has 32 heavy (non-hydrogen) atoms. The van der Waals surface area contributed by atoms with Crippen molar-refractivity contribution in [1.29, 1.82) is 0 Å². The van der Waals surface area contributed by atoms with E-state index < -0.39 is 41.1 Å². The summed E-state index contributed by atoms with van der Waals surface area (Å²) < 4.78 is 32.5. The number of aliphatic hydroxyl groups is 1. The van der Waals surface area contributed by atoms with E-state index in [1.807, 2.05) is 0 Å². The van der Waals surface area contributed by atoms with Gasteiger partial charge in [0.2, 0.25) is 5.91 Å². The first kappa shape index (κ1) is 23.2. The van der Waals surface area contributed by atoms with E-state index in [2.05, 4.69) is 16.0 Å². The van der Waals surface area contributed by atoms with Gasteiger partial charge in [-0.15, -0.1) is 0 Å². The Bertz CT molecular complexity index is 879. The fraction of sp³-hybridized carbons (Fsp3) is 0.636. The summed E-state index contributed by atoms with van der Waals surface area (Å²) in [5, 5.41) is 19.8. The summed E-state index contributed by atoms with van der Waals surface area (Å²) in [5.74, 6) is -1.11. The lowest BCUT2D eigenvalue weighted by Crippen LogP contribution is -2.71. The van der Waals surface area contributed by atoms with Gasteiger partial charge in [0, 0.05) is 18.0 Å². The van der Waals surface area contributed by atoms with E-state index >= 15 is 0 Å². The number of nitrogens with one attached hydrogen (secondary N) is 3. The second-order valence-corrected chi connectivity index (χ2v) is 9.59. The van der Waals surface area contributed by atoms with Crippen molar-refractivity contribution < 1.29 is 28.2 Å². The van der Waals surface area contributed by atoms with Gasteiger partial charge in [0.15, 0.2) is 6.61 Å². The first-order valence-corrected chi connectivity index (χ1v) is 11.3. The molecule has 176 valence electrons. The van der Waals surface area contributed by atoms with Crippen molar-refractivity contribution in [1.82, 2.24) is 16.0 Å². The number of halogens is 3. The lowest BCUT2D eigenvalue weighted by Gasteiger charge is -2.56. The van der Waals surface area contributed by atoms with E-state index in [0.29, 0.717) is 45.1 Å². The molecule has 2 bridgehead atoms. The van der Waals surface area contributed by atoms with E-state index in [0.717, 1.165) is 6.07 Å². The van der Waals surface area contributed by atoms with Gasteiger partial charge in [-0.05, 0) is 57.2 Å². The first-order valence-electron chi connectivity index (χ1n) is 11.0. The number of ether oxygens (including phenoxy) is 1. The van der Waals surface area contributed by atoms with Gasteiger partial charge in [0.05, 0.1) is 22.7 Å². The zero-order valence-electron chi connectivity index (χ0n) is 17.6. The third-order valence-corrected chi connectivity index (χ3v) is 7.32. The number of hydrogen-bond acceptors (Lipinski definition) is 5. The molecule has 3 saturated carbocycles. The number of hydrogen-bond donors (Lipinski definition) is 4. The van der Waals surface area contributed by atoms with Crippen molar-refractivity contribution in [2.24, 2.45) is 0 Å². The Labute approximate surface area is 190 Å². The zero-order chi connectivity index (χ0) is 22.9. The Morgan fingerprint density at radius 2 is 2.00 bits per heavy atom. The maximum absolute atomic E-state index is 13.7. The molecule has 4 N–H and O–H groups in total. The Morgan fingerprint density at radius 1 is 1.25 bits per heavy atom. The smallest absolute Gasteiger partial charge is 0.258 e. The maximum atomic E-state index is 13.7. The van der Waals surface area contributed by atoms with Crippen LogP contribution in [0, 0.1) is 5.82 Å². The second-order valence-electron chi connectivity index (χ2n) is 9.19. The first-order chi connectivity index (χ1) is 15.2. The van der Waals surface area contributed by atoms with Crippen LogP contribution in [0.4, 0.5) is 8.78 Å². The predicted molar refractivity (Wildman–Crippen MR) is 114 cm³/mol. The largest absolute Gasteiger partial charge is 0.484 e. The number of carbonyl (C=O) groups is 2. The number of aliphatic hydroxyl groups excluding tert-OH is 1. The van der Waals surface area contributed by atoms with E-state index in [1.165, 1.54) is 12.1 Å². The van der Waals surface area contributed by atoms with Crippen LogP contribution < -0.4 is 20.7 Å². The Morgan fingerprint density at radius 3 is 2.66 bits per heavy atom. The summed E-state index contributed by atoms with van der Waals surface area (Å²) >= 11 is 5.64.